The van der Waals surface area contributed by atoms with Crippen molar-refractivity contribution in [1.82, 2.24) is 15.3 Å². The number of para-hydroxylation sites is 1. The summed E-state index contributed by atoms with van der Waals surface area (Å²) >= 11 is 0. The zero-order valence-electron chi connectivity index (χ0n) is 17.6. The number of hydrogen-bond acceptors (Lipinski definition) is 7. The van der Waals surface area contributed by atoms with Crippen LogP contribution in [-0.4, -0.2) is 35.0 Å². The predicted molar refractivity (Wildman–Crippen MR) is 123 cm³/mol. The molecule has 2 atom stereocenters. The highest BCUT2D eigenvalue weighted by molar-refractivity contribution is 5.85. The van der Waals surface area contributed by atoms with Crippen molar-refractivity contribution in [3.05, 3.63) is 41.6 Å². The summed E-state index contributed by atoms with van der Waals surface area (Å²) in [5.41, 5.74) is 0.635. The number of fused-ring (bicyclic) bond motifs is 2. The quantitative estimate of drug-likeness (QED) is 0.505. The van der Waals surface area contributed by atoms with E-state index in [4.69, 9.17) is 0 Å². The van der Waals surface area contributed by atoms with Crippen LogP contribution in [0.4, 0.5) is 24.9 Å². The van der Waals surface area contributed by atoms with Gasteiger partial charge in [-0.3, -0.25) is 0 Å². The van der Waals surface area contributed by atoms with E-state index in [0.29, 0.717) is 41.5 Å². The van der Waals surface area contributed by atoms with Gasteiger partial charge in [0.15, 0.2) is 0 Å². The summed E-state index contributed by atoms with van der Waals surface area (Å²) in [6, 6.07) is 9.10. The third-order valence-electron chi connectivity index (χ3n) is 5.67. The SMILES string of the molecule is Cl.Cl.N#Cc1cnc(NCc2ccccc2OC(F)(F)F)nc1NCC1CC2CCC(C1)N2. The summed E-state index contributed by atoms with van der Waals surface area (Å²) < 4.78 is 41.9. The molecule has 0 spiro atoms. The van der Waals surface area contributed by atoms with Crippen LogP contribution >= 0.6 is 24.8 Å². The Kier molecular flexibility index (Phi) is 9.40. The van der Waals surface area contributed by atoms with Gasteiger partial charge in [-0.15, -0.1) is 38.0 Å². The van der Waals surface area contributed by atoms with Crippen LogP contribution in [0, 0.1) is 17.2 Å². The number of aromatic nitrogens is 2. The van der Waals surface area contributed by atoms with Gasteiger partial charge < -0.3 is 20.7 Å². The molecule has 3 N–H and O–H groups in total. The van der Waals surface area contributed by atoms with Crippen molar-refractivity contribution in [3.63, 3.8) is 0 Å². The van der Waals surface area contributed by atoms with Crippen molar-refractivity contribution in [3.8, 4) is 11.8 Å². The minimum absolute atomic E-state index is 0. The van der Waals surface area contributed by atoms with Gasteiger partial charge in [0.2, 0.25) is 5.95 Å². The van der Waals surface area contributed by atoms with Crippen molar-refractivity contribution >= 4 is 36.6 Å². The maximum absolute atomic E-state index is 12.6. The fourth-order valence-electron chi connectivity index (χ4n) is 4.31. The molecule has 12 heteroatoms. The third-order valence-corrected chi connectivity index (χ3v) is 5.67. The molecule has 1 aromatic carbocycles. The highest BCUT2D eigenvalue weighted by Crippen LogP contribution is 2.31. The average molecular weight is 505 g/mol. The van der Waals surface area contributed by atoms with Gasteiger partial charge in [-0.25, -0.2) is 4.98 Å². The van der Waals surface area contributed by atoms with Crippen LogP contribution in [-0.2, 0) is 6.54 Å². The largest absolute Gasteiger partial charge is 0.573 e. The molecule has 0 amide bonds. The molecule has 2 fully saturated rings. The number of anilines is 2. The van der Waals surface area contributed by atoms with Gasteiger partial charge in [0, 0.05) is 30.7 Å². The first-order chi connectivity index (χ1) is 14.9. The van der Waals surface area contributed by atoms with Crippen LogP contribution in [0.3, 0.4) is 0 Å². The molecule has 0 aliphatic carbocycles. The number of halogens is 5. The summed E-state index contributed by atoms with van der Waals surface area (Å²) in [5.74, 6) is 0.859. The first-order valence-electron chi connectivity index (χ1n) is 10.2. The van der Waals surface area contributed by atoms with Crippen molar-refractivity contribution in [2.45, 2.75) is 50.7 Å². The Labute approximate surface area is 202 Å². The number of nitrogens with one attached hydrogen (secondary N) is 3. The molecule has 2 aliphatic heterocycles. The first kappa shape index (κ1) is 26.8. The second kappa shape index (κ2) is 11.6. The van der Waals surface area contributed by atoms with E-state index in [-0.39, 0.29) is 43.1 Å². The minimum Gasteiger partial charge on any atom is -0.405 e. The van der Waals surface area contributed by atoms with Gasteiger partial charge in [0.05, 0.1) is 6.20 Å². The Morgan fingerprint density at radius 2 is 1.82 bits per heavy atom. The topological polar surface area (TPSA) is 94.9 Å². The van der Waals surface area contributed by atoms with Gasteiger partial charge in [-0.1, -0.05) is 18.2 Å². The lowest BCUT2D eigenvalue weighted by molar-refractivity contribution is -0.274. The Hall–Kier alpha value is -2.48. The highest BCUT2D eigenvalue weighted by atomic mass is 35.5. The maximum Gasteiger partial charge on any atom is 0.573 e. The van der Waals surface area contributed by atoms with Gasteiger partial charge >= 0.3 is 6.36 Å². The Balaban J connectivity index is 0.00000193. The van der Waals surface area contributed by atoms with Crippen LogP contribution in [0.5, 0.6) is 5.75 Å². The predicted octanol–water partition coefficient (Wildman–Crippen LogP) is 4.65. The van der Waals surface area contributed by atoms with Gasteiger partial charge in [0.25, 0.3) is 0 Å². The van der Waals surface area contributed by atoms with Crippen LogP contribution in [0.1, 0.15) is 36.8 Å². The summed E-state index contributed by atoms with van der Waals surface area (Å²) in [5, 5.41) is 19.2. The van der Waals surface area contributed by atoms with E-state index in [1.165, 1.54) is 37.2 Å². The van der Waals surface area contributed by atoms with E-state index in [9.17, 15) is 18.4 Å². The molecule has 4 rings (SSSR count). The summed E-state index contributed by atoms with van der Waals surface area (Å²) in [4.78, 5) is 8.47. The number of rotatable bonds is 7. The number of nitrogens with zero attached hydrogens (tertiary/aromatic N) is 3. The Morgan fingerprint density at radius 1 is 1.12 bits per heavy atom. The van der Waals surface area contributed by atoms with Crippen molar-refractivity contribution in [1.29, 1.82) is 5.26 Å². The molecule has 0 saturated carbocycles. The molecule has 2 unspecified atom stereocenters. The average Bonchev–Trinajstić information content (AvgIpc) is 3.08. The number of nitriles is 1. The second-order valence-corrected chi connectivity index (χ2v) is 7.93. The van der Waals surface area contributed by atoms with Gasteiger partial charge in [0.1, 0.15) is 23.2 Å². The highest BCUT2D eigenvalue weighted by Gasteiger charge is 2.33. The number of ether oxygens (including phenoxy) is 1. The third kappa shape index (κ3) is 7.25. The molecule has 1 aromatic heterocycles. The summed E-state index contributed by atoms with van der Waals surface area (Å²) in [7, 11) is 0. The maximum atomic E-state index is 12.6. The van der Waals surface area contributed by atoms with E-state index in [1.807, 2.05) is 0 Å². The zero-order valence-corrected chi connectivity index (χ0v) is 19.2. The number of alkyl halides is 3. The molecule has 180 valence electrons. The number of benzene rings is 1. The molecule has 2 aromatic rings. The van der Waals surface area contributed by atoms with Crippen LogP contribution in [0.2, 0.25) is 0 Å². The van der Waals surface area contributed by atoms with Crippen LogP contribution in [0.15, 0.2) is 30.5 Å². The fraction of sp³-hybridized carbons (Fsp3) is 0.476. The van der Waals surface area contributed by atoms with Crippen LogP contribution in [0.25, 0.3) is 0 Å². The van der Waals surface area contributed by atoms with E-state index in [1.54, 1.807) is 6.07 Å². The molecule has 2 bridgehead atoms. The smallest absolute Gasteiger partial charge is 0.405 e. The first-order valence-corrected chi connectivity index (χ1v) is 10.2. The molecule has 2 saturated heterocycles. The molecular formula is C21H25Cl2F3N6O. The van der Waals surface area contributed by atoms with Gasteiger partial charge in [-0.2, -0.15) is 10.2 Å². The van der Waals surface area contributed by atoms with Crippen LogP contribution < -0.4 is 20.7 Å². The normalized spacial score (nSPS) is 21.2. The Bertz CT molecular complexity index is 960. The standard InChI is InChI=1S/C21H23F3N6O.2ClH/c22-21(23,24)31-18-4-2-1-3-14(18)11-27-20-28-12-15(9-25)19(30-20)26-10-13-7-16-5-6-17(8-13)29-16;;/h1-4,12-13,16-17,29H,5-8,10-11H2,(H2,26,27,28,30);2*1H. The van der Waals surface area contributed by atoms with E-state index >= 15 is 0 Å². The van der Waals surface area contributed by atoms with Gasteiger partial charge in [-0.05, 0) is 37.7 Å². The monoisotopic (exact) mass is 504 g/mol. The number of piperidine rings is 1. The van der Waals surface area contributed by atoms with E-state index in [2.05, 4.69) is 36.7 Å². The molecule has 3 heterocycles. The molecule has 33 heavy (non-hydrogen) atoms. The lowest BCUT2D eigenvalue weighted by atomic mass is 9.92. The zero-order chi connectivity index (χ0) is 21.8. The number of hydrogen-bond donors (Lipinski definition) is 3. The van der Waals surface area contributed by atoms with Crippen molar-refractivity contribution in [2.75, 3.05) is 17.2 Å². The van der Waals surface area contributed by atoms with E-state index in [0.717, 1.165) is 12.8 Å². The minimum atomic E-state index is -4.77. The summed E-state index contributed by atoms with van der Waals surface area (Å²) in [6.07, 6.45) is 1.25. The molecule has 2 aliphatic rings. The van der Waals surface area contributed by atoms with Crippen molar-refractivity contribution < 1.29 is 17.9 Å². The second-order valence-electron chi connectivity index (χ2n) is 7.93. The lowest BCUT2D eigenvalue weighted by Gasteiger charge is -2.29. The molecule has 7 nitrogen and oxygen atoms in total. The lowest BCUT2D eigenvalue weighted by Crippen LogP contribution is -2.40. The molecule has 0 radical (unpaired) electrons. The fourth-order valence-corrected chi connectivity index (χ4v) is 4.31. The summed E-state index contributed by atoms with van der Waals surface area (Å²) in [6.45, 7) is 0.747. The van der Waals surface area contributed by atoms with Crippen molar-refractivity contribution in [2.24, 2.45) is 5.92 Å². The Morgan fingerprint density at radius 3 is 2.48 bits per heavy atom. The molecular weight excluding hydrogens is 480 g/mol. The van der Waals surface area contributed by atoms with E-state index < -0.39 is 6.36 Å².